The Labute approximate surface area is 256 Å². The van der Waals surface area contributed by atoms with Gasteiger partial charge in [-0.1, -0.05) is 30.3 Å². The number of hydrogen-bond donors (Lipinski definition) is 1. The van der Waals surface area contributed by atoms with Crippen molar-refractivity contribution in [2.75, 3.05) is 34.2 Å². The number of nitrogens with two attached hydrogens (primary N) is 1. The van der Waals surface area contributed by atoms with Crippen LogP contribution in [0.2, 0.25) is 0 Å². The Hall–Kier alpha value is -4.96. The third kappa shape index (κ3) is 5.61. The molecule has 2 N–H and O–H groups in total. The molecule has 220 valence electrons. The van der Waals surface area contributed by atoms with Crippen LogP contribution in [0.1, 0.15) is 16.1 Å². The maximum Gasteiger partial charge on any atom is 0.355 e. The van der Waals surface area contributed by atoms with E-state index in [2.05, 4.69) is 15.9 Å². The second-order valence-electron chi connectivity index (χ2n) is 9.46. The van der Waals surface area contributed by atoms with E-state index in [1.165, 1.54) is 33.0 Å². The lowest BCUT2D eigenvalue weighted by molar-refractivity contribution is 0.0591. The number of ether oxygens (including phenoxy) is 5. The summed E-state index contributed by atoms with van der Waals surface area (Å²) in [5.74, 6) is 0.926. The molecule has 0 spiro atoms. The topological polar surface area (TPSA) is 111 Å². The van der Waals surface area contributed by atoms with Gasteiger partial charge in [0.15, 0.2) is 11.5 Å². The number of pyridine rings is 1. The number of hydrogen-bond acceptors (Lipinski definition) is 8. The molecule has 4 aromatic carbocycles. The quantitative estimate of drug-likeness (QED) is 0.145. The molecule has 1 heterocycles. The number of anilines is 1. The van der Waals surface area contributed by atoms with Gasteiger partial charge in [-0.3, -0.25) is 9.36 Å². The number of halogens is 1. The van der Waals surface area contributed by atoms with Gasteiger partial charge in [0.1, 0.15) is 28.3 Å². The second kappa shape index (κ2) is 12.5. The molecule has 0 amide bonds. The molecular formula is C33H29BrN2O7. The Bertz CT molecular complexity index is 1840. The summed E-state index contributed by atoms with van der Waals surface area (Å²) < 4.78 is 30.2. The maximum absolute atomic E-state index is 14.3. The zero-order chi connectivity index (χ0) is 30.7. The van der Waals surface area contributed by atoms with E-state index in [-0.39, 0.29) is 17.7 Å². The summed E-state index contributed by atoms with van der Waals surface area (Å²) in [6.07, 6.45) is 0. The van der Waals surface area contributed by atoms with Crippen molar-refractivity contribution in [2.45, 2.75) is 6.61 Å². The lowest BCUT2D eigenvalue weighted by atomic mass is 9.95. The molecule has 0 atom stereocenters. The van der Waals surface area contributed by atoms with Gasteiger partial charge < -0.3 is 29.4 Å². The van der Waals surface area contributed by atoms with Crippen molar-refractivity contribution in [1.29, 1.82) is 0 Å². The Morgan fingerprint density at radius 1 is 0.791 bits per heavy atom. The number of fused-ring (bicyclic) bond motifs is 1. The zero-order valence-electron chi connectivity index (χ0n) is 24.0. The van der Waals surface area contributed by atoms with E-state index in [4.69, 9.17) is 29.4 Å². The van der Waals surface area contributed by atoms with Gasteiger partial charge in [-0.25, -0.2) is 4.79 Å². The number of carbonyl (C=O) groups excluding carboxylic acids is 1. The van der Waals surface area contributed by atoms with E-state index in [9.17, 15) is 9.59 Å². The highest BCUT2D eigenvalue weighted by atomic mass is 79.9. The number of esters is 1. The number of nitrogen functional groups attached to an aromatic ring is 1. The minimum atomic E-state index is -0.727. The van der Waals surface area contributed by atoms with Crippen molar-refractivity contribution in [2.24, 2.45) is 0 Å². The Morgan fingerprint density at radius 2 is 1.40 bits per heavy atom. The normalized spacial score (nSPS) is 10.8. The summed E-state index contributed by atoms with van der Waals surface area (Å²) in [7, 11) is 5.82. The third-order valence-electron chi connectivity index (χ3n) is 6.97. The van der Waals surface area contributed by atoms with E-state index in [1.807, 2.05) is 30.3 Å². The molecule has 0 saturated carbocycles. The molecule has 5 aromatic rings. The Morgan fingerprint density at radius 3 is 1.98 bits per heavy atom. The van der Waals surface area contributed by atoms with Gasteiger partial charge in [-0.05, 0) is 75.6 Å². The van der Waals surface area contributed by atoms with Gasteiger partial charge in [0, 0.05) is 22.3 Å². The van der Waals surface area contributed by atoms with Gasteiger partial charge in [0.25, 0.3) is 5.56 Å². The molecule has 0 fully saturated rings. The maximum atomic E-state index is 14.3. The highest BCUT2D eigenvalue weighted by Crippen LogP contribution is 2.44. The Kier molecular flexibility index (Phi) is 8.58. The smallest absolute Gasteiger partial charge is 0.355 e. The van der Waals surface area contributed by atoms with Crippen molar-refractivity contribution in [1.82, 2.24) is 4.57 Å². The van der Waals surface area contributed by atoms with E-state index in [0.29, 0.717) is 55.4 Å². The highest BCUT2D eigenvalue weighted by Gasteiger charge is 2.28. The zero-order valence-corrected chi connectivity index (χ0v) is 25.6. The largest absolute Gasteiger partial charge is 0.495 e. The molecule has 0 aliphatic carbocycles. The van der Waals surface area contributed by atoms with Crippen LogP contribution < -0.4 is 30.2 Å². The van der Waals surface area contributed by atoms with Crippen LogP contribution in [0.4, 0.5) is 5.69 Å². The van der Waals surface area contributed by atoms with Crippen LogP contribution >= 0.6 is 15.9 Å². The number of nitrogens with zero attached hydrogens (tertiary/aromatic N) is 1. The fourth-order valence-electron chi connectivity index (χ4n) is 4.88. The first kappa shape index (κ1) is 29.5. The number of benzene rings is 4. The van der Waals surface area contributed by atoms with Crippen LogP contribution in [0.3, 0.4) is 0 Å². The Balaban J connectivity index is 1.91. The van der Waals surface area contributed by atoms with Crippen LogP contribution in [0, 0.1) is 0 Å². The highest BCUT2D eigenvalue weighted by molar-refractivity contribution is 9.10. The van der Waals surface area contributed by atoms with Crippen molar-refractivity contribution < 1.29 is 28.5 Å². The molecular weight excluding hydrogens is 616 g/mol. The molecule has 0 saturated heterocycles. The van der Waals surface area contributed by atoms with Crippen LogP contribution in [0.25, 0.3) is 27.6 Å². The molecule has 0 unspecified atom stereocenters. The van der Waals surface area contributed by atoms with Gasteiger partial charge >= 0.3 is 5.97 Å². The molecule has 10 heteroatoms. The number of carbonyl (C=O) groups is 1. The van der Waals surface area contributed by atoms with Gasteiger partial charge in [-0.2, -0.15) is 0 Å². The lowest BCUT2D eigenvalue weighted by Gasteiger charge is -2.21. The average molecular weight is 646 g/mol. The summed E-state index contributed by atoms with van der Waals surface area (Å²) in [4.78, 5) is 27.9. The third-order valence-corrected chi connectivity index (χ3v) is 7.75. The summed E-state index contributed by atoms with van der Waals surface area (Å²) >= 11 is 3.51. The first-order valence-electron chi connectivity index (χ1n) is 13.1. The molecule has 43 heavy (non-hydrogen) atoms. The van der Waals surface area contributed by atoms with Gasteiger partial charge in [0.2, 0.25) is 0 Å². The monoisotopic (exact) mass is 644 g/mol. The first-order valence-corrected chi connectivity index (χ1v) is 13.9. The summed E-state index contributed by atoms with van der Waals surface area (Å²) in [5, 5.41) is 0.719. The fraction of sp³-hybridized carbons (Fsp3) is 0.152. The molecule has 0 radical (unpaired) electrons. The predicted octanol–water partition coefficient (Wildman–Crippen LogP) is 6.39. The van der Waals surface area contributed by atoms with Crippen LogP contribution in [-0.2, 0) is 11.3 Å². The van der Waals surface area contributed by atoms with E-state index in [0.717, 1.165) is 5.56 Å². The predicted molar refractivity (Wildman–Crippen MR) is 169 cm³/mol. The molecule has 0 aliphatic heterocycles. The van der Waals surface area contributed by atoms with Crippen LogP contribution in [-0.4, -0.2) is 39.0 Å². The van der Waals surface area contributed by atoms with E-state index < -0.39 is 11.5 Å². The first-order chi connectivity index (χ1) is 20.8. The van der Waals surface area contributed by atoms with Crippen molar-refractivity contribution in [3.8, 4) is 39.8 Å². The van der Waals surface area contributed by atoms with E-state index >= 15 is 0 Å². The van der Waals surface area contributed by atoms with Crippen molar-refractivity contribution in [3.63, 3.8) is 0 Å². The minimum Gasteiger partial charge on any atom is -0.495 e. The molecule has 5 rings (SSSR count). The summed E-state index contributed by atoms with van der Waals surface area (Å²) in [5.41, 5.74) is 8.27. The van der Waals surface area contributed by atoms with Crippen molar-refractivity contribution in [3.05, 3.63) is 105 Å². The number of aromatic nitrogens is 1. The van der Waals surface area contributed by atoms with Crippen LogP contribution in [0.15, 0.2) is 88.1 Å². The molecule has 9 nitrogen and oxygen atoms in total. The average Bonchev–Trinajstić information content (AvgIpc) is 3.04. The summed E-state index contributed by atoms with van der Waals surface area (Å²) in [6.45, 7) is 0.253. The minimum absolute atomic E-state index is 0.00351. The van der Waals surface area contributed by atoms with Crippen molar-refractivity contribution >= 4 is 38.4 Å². The molecule has 0 aliphatic rings. The van der Waals surface area contributed by atoms with E-state index in [1.54, 1.807) is 48.5 Å². The fourth-order valence-corrected chi connectivity index (χ4v) is 5.43. The lowest BCUT2D eigenvalue weighted by Crippen LogP contribution is -2.27. The summed E-state index contributed by atoms with van der Waals surface area (Å²) in [6, 6.07) is 23.1. The van der Waals surface area contributed by atoms with Gasteiger partial charge in [-0.15, -0.1) is 0 Å². The van der Waals surface area contributed by atoms with Gasteiger partial charge in [0.05, 0.1) is 33.8 Å². The second-order valence-corrected chi connectivity index (χ2v) is 10.3. The number of methoxy groups -OCH3 is 4. The van der Waals surface area contributed by atoms with Crippen LogP contribution in [0.5, 0.6) is 23.0 Å². The molecule has 0 bridgehead atoms. The number of rotatable bonds is 9. The SMILES string of the molecule is COC(=O)c1c(-c2cc(OC)c(Br)c(OC)c2)c2cc(OC)c(OCc3ccccc3)cc2c(=O)n1-c1ccc(N)cc1. The standard InChI is InChI=1S/C33H29BrN2O7/c1-39-25-16-23-24(17-26(25)43-18-19-8-6-5-7-9-19)32(37)36(22-12-10-21(35)11-13-22)31(33(38)42-4)29(23)20-14-27(40-2)30(34)28(15-20)41-3/h5-17H,18,35H2,1-4H3. The molecule has 1 aromatic heterocycles.